The van der Waals surface area contributed by atoms with Crippen molar-refractivity contribution >= 4 is 54.3 Å². The minimum atomic E-state index is -0.848. The van der Waals surface area contributed by atoms with Crippen molar-refractivity contribution in [1.82, 2.24) is 0 Å². The summed E-state index contributed by atoms with van der Waals surface area (Å²) in [7, 11) is 0. The quantitative estimate of drug-likeness (QED) is 0.193. The van der Waals surface area contributed by atoms with Crippen LogP contribution in [0.5, 0.6) is 0 Å². The average Bonchev–Trinajstić information content (AvgIpc) is 3.67. The van der Waals surface area contributed by atoms with Crippen LogP contribution in [-0.2, 0) is 0 Å². The lowest BCUT2D eigenvalue weighted by molar-refractivity contribution is 0.670. The highest BCUT2D eigenvalue weighted by Crippen LogP contribution is 2.46. The zero-order valence-electron chi connectivity index (χ0n) is 43.7. The Labute approximate surface area is 280 Å². The highest BCUT2D eigenvalue weighted by molar-refractivity contribution is 6.24. The van der Waals surface area contributed by atoms with Crippen LogP contribution < -0.4 is 0 Å². The van der Waals surface area contributed by atoms with Crippen LogP contribution in [0.25, 0.3) is 87.6 Å². The van der Waals surface area contributed by atoms with Crippen molar-refractivity contribution in [2.45, 2.75) is 0 Å². The molecule has 0 radical (unpaired) electrons. The van der Waals surface area contributed by atoms with E-state index in [2.05, 4.69) is 0 Å². The third-order valence-corrected chi connectivity index (χ3v) is 7.31. The summed E-state index contributed by atoms with van der Waals surface area (Å²) >= 11 is 0. The van der Waals surface area contributed by atoms with E-state index in [0.717, 1.165) is 0 Å². The summed E-state index contributed by atoms with van der Waals surface area (Å²) in [5.41, 5.74) is -2.92. The van der Waals surface area contributed by atoms with E-state index in [4.69, 9.17) is 27.7 Å². The Bertz CT molecular complexity index is 3640. The Morgan fingerprint density at radius 2 is 0.907 bits per heavy atom. The predicted molar refractivity (Wildman–Crippen MR) is 183 cm³/mol. The van der Waals surface area contributed by atoms with Gasteiger partial charge in [-0.2, -0.15) is 0 Å². The molecule has 8 aromatic carbocycles. The van der Waals surface area contributed by atoms with Gasteiger partial charge < -0.3 is 4.42 Å². The van der Waals surface area contributed by atoms with E-state index in [1.165, 1.54) is 24.3 Å². The van der Waals surface area contributed by atoms with Crippen molar-refractivity contribution in [3.05, 3.63) is 157 Å². The summed E-state index contributed by atoms with van der Waals surface area (Å²) in [5.74, 6) is 0. The zero-order valence-corrected chi connectivity index (χ0v) is 21.7. The van der Waals surface area contributed by atoms with Gasteiger partial charge in [-0.1, -0.05) is 151 Å². The number of hydrogen-bond donors (Lipinski definition) is 0. The molecule has 1 heterocycles. The van der Waals surface area contributed by atoms with Gasteiger partial charge in [0.15, 0.2) is 0 Å². The van der Waals surface area contributed by atoms with Crippen molar-refractivity contribution in [2.75, 3.05) is 0 Å². The van der Waals surface area contributed by atoms with E-state index < -0.39 is 166 Å². The fourth-order valence-electron chi connectivity index (χ4n) is 5.49. The van der Waals surface area contributed by atoms with E-state index in [9.17, 15) is 6.85 Å². The first-order chi connectivity index (χ1) is 30.5. The lowest BCUT2D eigenvalue weighted by Crippen LogP contribution is -1.91. The number of hydrogen-bond acceptors (Lipinski definition) is 1. The third kappa shape index (κ3) is 3.65. The number of benzene rings is 8. The molecule has 200 valence electrons. The number of fused-ring (bicyclic) bond motifs is 6. The molecule has 1 aromatic heterocycles. The van der Waals surface area contributed by atoms with Crippen molar-refractivity contribution in [2.24, 2.45) is 0 Å². The van der Waals surface area contributed by atoms with Crippen molar-refractivity contribution in [3.63, 3.8) is 0 Å². The summed E-state index contributed by atoms with van der Waals surface area (Å²) in [5, 5.41) is -1.69. The number of furan rings is 1. The first-order valence-corrected chi connectivity index (χ1v) is 13.0. The average molecular weight is 569 g/mol. The highest BCUT2D eigenvalue weighted by Gasteiger charge is 2.20. The van der Waals surface area contributed by atoms with Crippen LogP contribution in [-0.4, -0.2) is 0 Å². The molecule has 0 aliphatic carbocycles. The fourth-order valence-corrected chi connectivity index (χ4v) is 5.49. The molecule has 0 saturated heterocycles. The van der Waals surface area contributed by atoms with Gasteiger partial charge in [-0.25, -0.2) is 0 Å². The van der Waals surface area contributed by atoms with Gasteiger partial charge in [0, 0.05) is 21.9 Å². The Balaban J connectivity index is 1.49. The first kappa shape index (κ1) is 10.9. The lowest BCUT2D eigenvalue weighted by Gasteiger charge is -2.18. The topological polar surface area (TPSA) is 13.1 Å². The highest BCUT2D eigenvalue weighted by atomic mass is 16.3. The van der Waals surface area contributed by atoms with Crippen molar-refractivity contribution < 1.29 is 34.6 Å². The lowest BCUT2D eigenvalue weighted by atomic mass is 9.85. The van der Waals surface area contributed by atoms with E-state index in [0.29, 0.717) is 0 Å². The van der Waals surface area contributed by atoms with E-state index in [1.54, 1.807) is 0 Å². The minimum Gasteiger partial charge on any atom is -0.455 e. The monoisotopic (exact) mass is 568 g/mol. The third-order valence-electron chi connectivity index (χ3n) is 7.31. The molecule has 0 atom stereocenters. The van der Waals surface area contributed by atoms with Crippen LogP contribution in [0.1, 0.15) is 30.2 Å². The maximum atomic E-state index is 9.49. The van der Waals surface area contributed by atoms with E-state index in [-0.39, 0.29) is 54.6 Å². The maximum absolute atomic E-state index is 9.49. The van der Waals surface area contributed by atoms with E-state index in [1.807, 2.05) is 0 Å². The molecule has 0 saturated carbocycles. The molecule has 9 aromatic rings. The molecule has 0 aliphatic rings. The van der Waals surface area contributed by atoms with Gasteiger partial charge in [0.05, 0.1) is 30.2 Å². The molecule has 0 fully saturated rings. The Hall–Kier alpha value is -5.66. The van der Waals surface area contributed by atoms with Crippen LogP contribution in [0.3, 0.4) is 0 Å². The molecule has 0 N–H and O–H groups in total. The maximum Gasteiger partial charge on any atom is 0.143 e. The molecule has 0 spiro atoms. The minimum absolute atomic E-state index is 0.0428. The molecule has 1 nitrogen and oxygen atoms in total. The second kappa shape index (κ2) is 9.44. The molecular weight excluding hydrogens is 520 g/mol. The van der Waals surface area contributed by atoms with Gasteiger partial charge in [0.2, 0.25) is 0 Å². The van der Waals surface area contributed by atoms with Gasteiger partial charge in [-0.05, 0) is 60.6 Å². The second-order valence-corrected chi connectivity index (χ2v) is 9.57. The largest absolute Gasteiger partial charge is 0.455 e. The van der Waals surface area contributed by atoms with Crippen molar-refractivity contribution in [3.8, 4) is 33.4 Å². The SMILES string of the molecule is [2H]c1cc2c(-c3c([2H])c([2H])c(-c4c([2H])c([2H])c([2H])c5c([2H])c([2H])c([2H])c([2H])c45)c([2H])c3[2H])c3cc([2H])c([2H])cc3c(-c3c([2H])c([2H])c([2H])c4c3oc3c([2H])c([2H])c([2H])c([2H])c34)c2cc1[2H]. The van der Waals surface area contributed by atoms with Gasteiger partial charge >= 0.3 is 0 Å². The summed E-state index contributed by atoms with van der Waals surface area (Å²) in [6.07, 6.45) is 0. The molecule has 0 bridgehead atoms. The van der Waals surface area contributed by atoms with Crippen LogP contribution in [0.4, 0.5) is 0 Å². The standard InChI is InChI=1S/C42H26O/c1-2-13-30-27(11-1)12-9-19-31(30)28-23-25-29(26-24-28)40-33-15-3-5-17-35(33)41(36-18-6-4-16-34(36)40)38-21-10-20-37-32-14-7-8-22-39(32)43-42(37)38/h1-26H/i1D,2D,3D,4D,5D,6D,7D,8D,9D,10D,11D,12D,13D,14D,19D,20D,21D,22D,23D,24D,25D,26D. The van der Waals surface area contributed by atoms with Gasteiger partial charge in [0.25, 0.3) is 0 Å². The van der Waals surface area contributed by atoms with Crippen LogP contribution in [0.15, 0.2) is 162 Å². The van der Waals surface area contributed by atoms with Gasteiger partial charge in [0.1, 0.15) is 11.2 Å². The summed E-state index contributed by atoms with van der Waals surface area (Å²) in [4.78, 5) is 0. The first-order valence-electron chi connectivity index (χ1n) is 24.0. The zero-order chi connectivity index (χ0) is 47.5. The number of para-hydroxylation sites is 2. The fraction of sp³-hybridized carbons (Fsp3) is 0. The smallest absolute Gasteiger partial charge is 0.143 e. The predicted octanol–water partition coefficient (Wildman–Crippen LogP) is 12.0. The molecule has 0 aliphatic heterocycles. The molecule has 0 amide bonds. The molecular formula is C42H26O. The number of rotatable bonds is 3. The normalized spacial score (nSPS) is 18.9. The summed E-state index contributed by atoms with van der Waals surface area (Å²) in [6, 6.07) is -10.0. The molecule has 43 heavy (non-hydrogen) atoms. The van der Waals surface area contributed by atoms with Crippen LogP contribution >= 0.6 is 0 Å². The van der Waals surface area contributed by atoms with Crippen LogP contribution in [0.2, 0.25) is 0 Å². The van der Waals surface area contributed by atoms with Crippen LogP contribution in [0, 0.1) is 0 Å². The Morgan fingerprint density at radius 3 is 1.65 bits per heavy atom. The molecule has 9 rings (SSSR count). The van der Waals surface area contributed by atoms with Gasteiger partial charge in [-0.3, -0.25) is 0 Å². The molecule has 0 unspecified atom stereocenters. The Kier molecular flexibility index (Phi) is 2.39. The van der Waals surface area contributed by atoms with Crippen molar-refractivity contribution in [1.29, 1.82) is 0 Å². The molecule has 1 heteroatoms. The van der Waals surface area contributed by atoms with Gasteiger partial charge in [-0.15, -0.1) is 0 Å². The summed E-state index contributed by atoms with van der Waals surface area (Å²) < 4.78 is 199. The summed E-state index contributed by atoms with van der Waals surface area (Å²) in [6.45, 7) is 0. The second-order valence-electron chi connectivity index (χ2n) is 9.57. The Morgan fingerprint density at radius 1 is 0.372 bits per heavy atom. The van der Waals surface area contributed by atoms with E-state index >= 15 is 0 Å².